The molecule has 0 bridgehead atoms. The fraction of sp³-hybridized carbons (Fsp3) is 0.714. The first-order valence-corrected chi connectivity index (χ1v) is 3.71. The molecule has 0 saturated heterocycles. The molecule has 0 aliphatic rings. The highest BCUT2D eigenvalue weighted by Gasteiger charge is 2.36. The van der Waals surface area contributed by atoms with Crippen molar-refractivity contribution in [1.82, 2.24) is 0 Å². The Morgan fingerprint density at radius 1 is 1.57 bits per heavy atom. The minimum Gasteiger partial charge on any atom is -0.464 e. The van der Waals surface area contributed by atoms with Gasteiger partial charge in [0.05, 0.1) is 13.0 Å². The topological polar surface area (TPSA) is 55.7 Å². The van der Waals surface area contributed by atoms with Crippen LogP contribution in [-0.4, -0.2) is 30.9 Å². The molecular weight excluding hydrogens is 203 g/mol. The normalized spacial score (nSPS) is 12.9. The van der Waals surface area contributed by atoms with E-state index in [4.69, 9.17) is 0 Å². The van der Waals surface area contributed by atoms with Crippen molar-refractivity contribution in [2.75, 3.05) is 6.61 Å². The second-order valence-electron chi connectivity index (χ2n) is 2.31. The zero-order valence-electron chi connectivity index (χ0n) is 7.30. The molecule has 0 N–H and O–H groups in total. The van der Waals surface area contributed by atoms with Crippen molar-refractivity contribution in [3.63, 3.8) is 0 Å². The molecule has 0 aromatic heterocycles. The van der Waals surface area contributed by atoms with Crippen LogP contribution in [0.15, 0.2) is 4.99 Å². The van der Waals surface area contributed by atoms with Crippen LogP contribution in [0.3, 0.4) is 0 Å². The number of esters is 1. The van der Waals surface area contributed by atoms with Gasteiger partial charge in [-0.25, -0.2) is 9.59 Å². The monoisotopic (exact) mass is 211 g/mol. The maximum atomic E-state index is 11.8. The molecule has 0 heterocycles. The van der Waals surface area contributed by atoms with Crippen LogP contribution in [0.1, 0.15) is 13.3 Å². The predicted octanol–water partition coefficient (Wildman–Crippen LogP) is 1.21. The number of hydrogen-bond donors (Lipinski definition) is 0. The van der Waals surface area contributed by atoms with Gasteiger partial charge in [-0.2, -0.15) is 18.2 Å². The summed E-state index contributed by atoms with van der Waals surface area (Å²) in [5.74, 6) is -1.17. The molecule has 1 unspecified atom stereocenters. The quantitative estimate of drug-likeness (QED) is 0.399. The Balaban J connectivity index is 4.44. The number of rotatable bonds is 4. The van der Waals surface area contributed by atoms with Crippen LogP contribution in [-0.2, 0) is 14.3 Å². The van der Waals surface area contributed by atoms with Gasteiger partial charge in [-0.05, 0) is 6.92 Å². The maximum absolute atomic E-state index is 11.8. The average molecular weight is 211 g/mol. The summed E-state index contributed by atoms with van der Waals surface area (Å²) < 4.78 is 39.8. The summed E-state index contributed by atoms with van der Waals surface area (Å²) >= 11 is 0. The van der Waals surface area contributed by atoms with E-state index in [9.17, 15) is 22.8 Å². The van der Waals surface area contributed by atoms with Crippen molar-refractivity contribution in [2.45, 2.75) is 25.6 Å². The molecule has 1 atom stereocenters. The van der Waals surface area contributed by atoms with Crippen molar-refractivity contribution in [1.29, 1.82) is 0 Å². The van der Waals surface area contributed by atoms with Gasteiger partial charge in [0, 0.05) is 0 Å². The van der Waals surface area contributed by atoms with Gasteiger partial charge in [-0.1, -0.05) is 0 Å². The van der Waals surface area contributed by atoms with Crippen LogP contribution in [0.4, 0.5) is 13.2 Å². The van der Waals surface area contributed by atoms with Crippen LogP contribution in [0, 0.1) is 0 Å². The lowest BCUT2D eigenvalue weighted by Gasteiger charge is -2.11. The first-order valence-electron chi connectivity index (χ1n) is 3.71. The van der Waals surface area contributed by atoms with Crippen LogP contribution in [0.25, 0.3) is 0 Å². The Bertz CT molecular complexity index is 245. The molecule has 0 aromatic carbocycles. The van der Waals surface area contributed by atoms with Gasteiger partial charge in [-0.15, -0.1) is 0 Å². The number of carbonyl (C=O) groups excluding carboxylic acids is 2. The first-order chi connectivity index (χ1) is 6.40. The summed E-state index contributed by atoms with van der Waals surface area (Å²) in [5.41, 5.74) is 0. The Labute approximate surface area is 77.8 Å². The fourth-order valence-electron chi connectivity index (χ4n) is 0.703. The summed E-state index contributed by atoms with van der Waals surface area (Å²) in [6, 6.07) is -1.84. The number of aliphatic imine (C=N–C) groups is 1. The van der Waals surface area contributed by atoms with Crippen LogP contribution in [0.5, 0.6) is 0 Å². The number of ether oxygens (including phenoxy) is 1. The lowest BCUT2D eigenvalue weighted by molar-refractivity contribution is -0.160. The van der Waals surface area contributed by atoms with Crippen molar-refractivity contribution in [3.05, 3.63) is 0 Å². The SMILES string of the molecule is CCOC(=O)C(CC(F)(F)F)N=C=O. The number of nitrogens with zero attached hydrogens (tertiary/aromatic N) is 1. The zero-order chi connectivity index (χ0) is 11.2. The molecule has 0 aliphatic carbocycles. The predicted molar refractivity (Wildman–Crippen MR) is 39.2 cm³/mol. The van der Waals surface area contributed by atoms with E-state index < -0.39 is 24.6 Å². The molecule has 0 aliphatic heterocycles. The van der Waals surface area contributed by atoms with Gasteiger partial charge in [0.2, 0.25) is 6.08 Å². The van der Waals surface area contributed by atoms with Crippen molar-refractivity contribution in [3.8, 4) is 0 Å². The third-order valence-electron chi connectivity index (χ3n) is 1.19. The van der Waals surface area contributed by atoms with E-state index in [1.165, 1.54) is 6.92 Å². The minimum absolute atomic E-state index is 0.0679. The van der Waals surface area contributed by atoms with Gasteiger partial charge in [0.15, 0.2) is 6.04 Å². The third kappa shape index (κ3) is 5.31. The molecule has 4 nitrogen and oxygen atoms in total. The summed E-state index contributed by atoms with van der Waals surface area (Å²) in [6.45, 7) is 1.37. The molecule has 0 spiro atoms. The highest BCUT2D eigenvalue weighted by molar-refractivity contribution is 5.76. The smallest absolute Gasteiger partial charge is 0.391 e. The maximum Gasteiger partial charge on any atom is 0.391 e. The van der Waals surface area contributed by atoms with Gasteiger partial charge in [0.1, 0.15) is 0 Å². The van der Waals surface area contributed by atoms with E-state index in [2.05, 4.69) is 9.73 Å². The molecule has 7 heteroatoms. The minimum atomic E-state index is -4.57. The molecule has 80 valence electrons. The highest BCUT2D eigenvalue weighted by Crippen LogP contribution is 2.23. The Morgan fingerprint density at radius 3 is 2.50 bits per heavy atom. The van der Waals surface area contributed by atoms with Crippen LogP contribution >= 0.6 is 0 Å². The highest BCUT2D eigenvalue weighted by atomic mass is 19.4. The molecule has 0 fully saturated rings. The molecule has 0 amide bonds. The van der Waals surface area contributed by atoms with E-state index in [1.54, 1.807) is 0 Å². The number of hydrogen-bond acceptors (Lipinski definition) is 4. The number of carbonyl (C=O) groups is 1. The molecule has 0 saturated carbocycles. The second-order valence-corrected chi connectivity index (χ2v) is 2.31. The summed E-state index contributed by atoms with van der Waals surface area (Å²) in [4.78, 5) is 23.3. The van der Waals surface area contributed by atoms with E-state index in [1.807, 2.05) is 0 Å². The van der Waals surface area contributed by atoms with Crippen LogP contribution in [0.2, 0.25) is 0 Å². The van der Waals surface area contributed by atoms with Gasteiger partial charge < -0.3 is 4.74 Å². The van der Waals surface area contributed by atoms with Crippen molar-refractivity contribution >= 4 is 12.0 Å². The van der Waals surface area contributed by atoms with Gasteiger partial charge in [-0.3, -0.25) is 0 Å². The van der Waals surface area contributed by atoms with E-state index in [-0.39, 0.29) is 6.61 Å². The Hall–Kier alpha value is -1.36. The third-order valence-corrected chi connectivity index (χ3v) is 1.19. The van der Waals surface area contributed by atoms with Crippen molar-refractivity contribution < 1.29 is 27.5 Å². The molecule has 0 aromatic rings. The standard InChI is InChI=1S/C7H8F3NO3/c1-2-14-6(13)5(11-4-12)3-7(8,9)10/h5H,2-3H2,1H3. The van der Waals surface area contributed by atoms with Gasteiger partial charge in [0.25, 0.3) is 0 Å². The lowest BCUT2D eigenvalue weighted by atomic mass is 10.2. The summed E-state index contributed by atoms with van der Waals surface area (Å²) in [6.07, 6.45) is -5.18. The summed E-state index contributed by atoms with van der Waals surface area (Å²) in [5, 5.41) is 0. The second kappa shape index (κ2) is 5.39. The van der Waals surface area contributed by atoms with E-state index in [0.29, 0.717) is 0 Å². The number of alkyl halides is 3. The largest absolute Gasteiger partial charge is 0.464 e. The van der Waals surface area contributed by atoms with E-state index in [0.717, 1.165) is 6.08 Å². The molecule has 0 rings (SSSR count). The lowest BCUT2D eigenvalue weighted by Crippen LogP contribution is -2.27. The van der Waals surface area contributed by atoms with Gasteiger partial charge >= 0.3 is 12.1 Å². The number of isocyanates is 1. The number of halogens is 3. The van der Waals surface area contributed by atoms with E-state index >= 15 is 0 Å². The van der Waals surface area contributed by atoms with Crippen LogP contribution < -0.4 is 0 Å². The average Bonchev–Trinajstić information content (AvgIpc) is 2.01. The first kappa shape index (κ1) is 12.6. The molecule has 14 heavy (non-hydrogen) atoms. The Kier molecular flexibility index (Phi) is 4.86. The summed E-state index contributed by atoms with van der Waals surface area (Å²) in [7, 11) is 0. The molecule has 0 radical (unpaired) electrons. The Morgan fingerprint density at radius 2 is 2.14 bits per heavy atom. The zero-order valence-corrected chi connectivity index (χ0v) is 7.30. The fourth-order valence-corrected chi connectivity index (χ4v) is 0.703. The molecular formula is C7H8F3NO3. The van der Waals surface area contributed by atoms with Crippen molar-refractivity contribution in [2.24, 2.45) is 4.99 Å².